The average Bonchev–Trinajstić information content (AvgIpc) is 2.99. The van der Waals surface area contributed by atoms with Gasteiger partial charge < -0.3 is 9.64 Å². The molecule has 1 amide bonds. The van der Waals surface area contributed by atoms with Crippen LogP contribution in [0.3, 0.4) is 0 Å². The van der Waals surface area contributed by atoms with Gasteiger partial charge in [-0.2, -0.15) is 0 Å². The molecular weight excluding hydrogens is 278 g/mol. The normalized spacial score (nSPS) is 17.5. The van der Waals surface area contributed by atoms with E-state index >= 15 is 0 Å². The lowest BCUT2D eigenvalue weighted by Crippen LogP contribution is -2.31. The van der Waals surface area contributed by atoms with E-state index in [1.807, 2.05) is 36.9 Å². The minimum absolute atomic E-state index is 0.0211. The number of benzene rings is 1. The second-order valence-electron chi connectivity index (χ2n) is 5.62. The number of hydrogen-bond acceptors (Lipinski definition) is 4. The fourth-order valence-electron chi connectivity index (χ4n) is 2.58. The number of likely N-dealkylation sites (tertiary alicyclic amines) is 1. The maximum absolute atomic E-state index is 12.6. The van der Waals surface area contributed by atoms with Gasteiger partial charge in [-0.25, -0.2) is 4.98 Å². The van der Waals surface area contributed by atoms with Crippen LogP contribution in [0, 0.1) is 13.8 Å². The van der Waals surface area contributed by atoms with Gasteiger partial charge in [-0.3, -0.25) is 9.78 Å². The van der Waals surface area contributed by atoms with Crippen LogP contribution in [0.4, 0.5) is 0 Å². The summed E-state index contributed by atoms with van der Waals surface area (Å²) in [5.41, 5.74) is 3.07. The molecule has 0 aliphatic carbocycles. The molecule has 1 aliphatic heterocycles. The van der Waals surface area contributed by atoms with Crippen molar-refractivity contribution >= 4 is 5.91 Å². The predicted octanol–water partition coefficient (Wildman–Crippen LogP) is 2.39. The van der Waals surface area contributed by atoms with Crippen LogP contribution in [0.2, 0.25) is 0 Å². The highest BCUT2D eigenvalue weighted by atomic mass is 16.5. The lowest BCUT2D eigenvalue weighted by molar-refractivity contribution is 0.0771. The number of carbonyl (C=O) groups excluding carboxylic acids is 1. The average molecular weight is 297 g/mol. The van der Waals surface area contributed by atoms with E-state index in [1.54, 1.807) is 18.6 Å². The number of hydrogen-bond donors (Lipinski definition) is 0. The van der Waals surface area contributed by atoms with E-state index < -0.39 is 0 Å². The highest BCUT2D eigenvalue weighted by Gasteiger charge is 2.28. The van der Waals surface area contributed by atoms with E-state index in [1.165, 1.54) is 5.56 Å². The van der Waals surface area contributed by atoms with Gasteiger partial charge in [0.05, 0.1) is 12.7 Å². The lowest BCUT2D eigenvalue weighted by Gasteiger charge is -2.17. The van der Waals surface area contributed by atoms with Crippen LogP contribution in [0.15, 0.2) is 36.8 Å². The molecule has 3 rings (SSSR count). The van der Waals surface area contributed by atoms with Crippen LogP contribution in [0.25, 0.3) is 0 Å². The molecular formula is C17H19N3O2. The van der Waals surface area contributed by atoms with Crippen LogP contribution in [-0.4, -0.2) is 40.0 Å². The summed E-state index contributed by atoms with van der Waals surface area (Å²) in [6.07, 6.45) is 5.59. The van der Waals surface area contributed by atoms with Crippen molar-refractivity contribution in [1.29, 1.82) is 0 Å². The molecule has 0 bridgehead atoms. The Hall–Kier alpha value is -2.43. The van der Waals surface area contributed by atoms with Gasteiger partial charge >= 0.3 is 0 Å². The van der Waals surface area contributed by atoms with Gasteiger partial charge in [0.25, 0.3) is 5.91 Å². The molecule has 0 radical (unpaired) electrons. The number of carbonyl (C=O) groups is 1. The van der Waals surface area contributed by atoms with Gasteiger partial charge in [0, 0.05) is 30.9 Å². The third kappa shape index (κ3) is 3.08. The first-order chi connectivity index (χ1) is 10.6. The zero-order valence-electron chi connectivity index (χ0n) is 12.8. The fourth-order valence-corrected chi connectivity index (χ4v) is 2.58. The summed E-state index contributed by atoms with van der Waals surface area (Å²) < 4.78 is 5.77. The lowest BCUT2D eigenvalue weighted by atomic mass is 10.1. The van der Waals surface area contributed by atoms with Gasteiger partial charge in [-0.15, -0.1) is 0 Å². The summed E-state index contributed by atoms with van der Waals surface area (Å²) in [5, 5.41) is 0. The molecule has 0 spiro atoms. The van der Waals surface area contributed by atoms with E-state index in [0.717, 1.165) is 17.5 Å². The molecule has 2 heterocycles. The SMILES string of the molecule is Cc1ccc(C(=O)N2CCC(Oc3cnccn3)C2)cc1C. The minimum atomic E-state index is -0.0211. The molecule has 1 atom stereocenters. The highest BCUT2D eigenvalue weighted by Crippen LogP contribution is 2.19. The van der Waals surface area contributed by atoms with Gasteiger partial charge in [-0.1, -0.05) is 6.07 Å². The van der Waals surface area contributed by atoms with Gasteiger partial charge in [0.15, 0.2) is 0 Å². The van der Waals surface area contributed by atoms with Crippen molar-refractivity contribution in [1.82, 2.24) is 14.9 Å². The topological polar surface area (TPSA) is 55.3 Å². The molecule has 0 N–H and O–H groups in total. The van der Waals surface area contributed by atoms with Gasteiger partial charge in [-0.05, 0) is 37.1 Å². The predicted molar refractivity (Wildman–Crippen MR) is 82.9 cm³/mol. The summed E-state index contributed by atoms with van der Waals surface area (Å²) in [4.78, 5) is 22.5. The third-order valence-corrected chi connectivity index (χ3v) is 4.01. The van der Waals surface area contributed by atoms with Crippen molar-refractivity contribution in [2.24, 2.45) is 0 Å². The smallest absolute Gasteiger partial charge is 0.253 e. The first-order valence-corrected chi connectivity index (χ1v) is 7.42. The molecule has 5 heteroatoms. The summed E-state index contributed by atoms with van der Waals surface area (Å²) in [6, 6.07) is 5.84. The number of ether oxygens (including phenoxy) is 1. The van der Waals surface area contributed by atoms with Crippen molar-refractivity contribution in [2.75, 3.05) is 13.1 Å². The van der Waals surface area contributed by atoms with E-state index in [9.17, 15) is 4.79 Å². The number of rotatable bonds is 3. The fraction of sp³-hybridized carbons (Fsp3) is 0.353. The van der Waals surface area contributed by atoms with Crippen molar-refractivity contribution in [3.05, 3.63) is 53.5 Å². The largest absolute Gasteiger partial charge is 0.471 e. The Morgan fingerprint density at radius 1 is 1.27 bits per heavy atom. The number of amides is 1. The van der Waals surface area contributed by atoms with E-state index in [-0.39, 0.29) is 12.0 Å². The Morgan fingerprint density at radius 3 is 2.86 bits per heavy atom. The molecule has 114 valence electrons. The van der Waals surface area contributed by atoms with Crippen molar-refractivity contribution < 1.29 is 9.53 Å². The summed E-state index contributed by atoms with van der Waals surface area (Å²) >= 11 is 0. The van der Waals surface area contributed by atoms with Crippen LogP contribution in [-0.2, 0) is 0 Å². The quantitative estimate of drug-likeness (QED) is 0.873. The second kappa shape index (κ2) is 6.13. The Balaban J connectivity index is 1.64. The molecule has 22 heavy (non-hydrogen) atoms. The molecule has 5 nitrogen and oxygen atoms in total. The Kier molecular flexibility index (Phi) is 4.04. The van der Waals surface area contributed by atoms with Crippen LogP contribution in [0.1, 0.15) is 27.9 Å². The number of aromatic nitrogens is 2. The molecule has 1 aromatic heterocycles. The first-order valence-electron chi connectivity index (χ1n) is 7.42. The van der Waals surface area contributed by atoms with Gasteiger partial charge in [0.1, 0.15) is 6.10 Å². The summed E-state index contributed by atoms with van der Waals surface area (Å²) in [6.45, 7) is 5.36. The first kappa shape index (κ1) is 14.5. The van der Waals surface area contributed by atoms with Crippen LogP contribution in [0.5, 0.6) is 5.88 Å². The van der Waals surface area contributed by atoms with Gasteiger partial charge in [0.2, 0.25) is 5.88 Å². The molecule has 1 aliphatic rings. The summed E-state index contributed by atoms with van der Waals surface area (Å²) in [5.74, 6) is 0.571. The van der Waals surface area contributed by atoms with Crippen molar-refractivity contribution in [2.45, 2.75) is 26.4 Å². The molecule has 2 aromatic rings. The molecule has 1 fully saturated rings. The molecule has 1 unspecified atom stereocenters. The zero-order chi connectivity index (χ0) is 15.5. The third-order valence-electron chi connectivity index (χ3n) is 4.01. The highest BCUT2D eigenvalue weighted by molar-refractivity contribution is 5.94. The Morgan fingerprint density at radius 2 is 2.14 bits per heavy atom. The van der Waals surface area contributed by atoms with E-state index in [0.29, 0.717) is 19.0 Å². The molecule has 1 saturated heterocycles. The Labute approximate surface area is 130 Å². The molecule has 0 saturated carbocycles. The maximum Gasteiger partial charge on any atom is 0.253 e. The van der Waals surface area contributed by atoms with Crippen molar-refractivity contribution in [3.63, 3.8) is 0 Å². The standard InChI is InChI=1S/C17H19N3O2/c1-12-3-4-14(9-13(12)2)17(21)20-8-5-15(11-20)22-16-10-18-6-7-19-16/h3-4,6-7,9-10,15H,5,8,11H2,1-2H3. The second-order valence-corrected chi connectivity index (χ2v) is 5.62. The number of nitrogens with zero attached hydrogens (tertiary/aromatic N) is 3. The number of aryl methyl sites for hydroxylation is 2. The molecule has 1 aromatic carbocycles. The summed E-state index contributed by atoms with van der Waals surface area (Å²) in [7, 11) is 0. The minimum Gasteiger partial charge on any atom is -0.471 e. The maximum atomic E-state index is 12.6. The Bertz CT molecular complexity index is 673. The van der Waals surface area contributed by atoms with E-state index in [2.05, 4.69) is 9.97 Å². The zero-order valence-corrected chi connectivity index (χ0v) is 12.8. The van der Waals surface area contributed by atoms with E-state index in [4.69, 9.17) is 4.74 Å². The van der Waals surface area contributed by atoms with Crippen LogP contribution >= 0.6 is 0 Å². The van der Waals surface area contributed by atoms with Crippen molar-refractivity contribution in [3.8, 4) is 5.88 Å². The monoisotopic (exact) mass is 297 g/mol. The van der Waals surface area contributed by atoms with Crippen LogP contribution < -0.4 is 4.74 Å².